The third-order valence-electron chi connectivity index (χ3n) is 3.08. The predicted molar refractivity (Wildman–Crippen MR) is 79.1 cm³/mol. The predicted octanol–water partition coefficient (Wildman–Crippen LogP) is 3.50. The lowest BCUT2D eigenvalue weighted by molar-refractivity contribution is 0.551. The standard InChI is InChI=1S/C15H17BrN2/c1-11-7-8-13(10-14(11)16)15(18-17)9-12-5-3-2-4-6-12/h2-8,10,15,18H,9,17H2,1H3. The van der Waals surface area contributed by atoms with Crippen LogP contribution in [0.25, 0.3) is 0 Å². The molecule has 0 aliphatic heterocycles. The zero-order valence-electron chi connectivity index (χ0n) is 10.4. The molecule has 3 N–H and O–H groups in total. The van der Waals surface area contributed by atoms with Crippen molar-refractivity contribution in [3.63, 3.8) is 0 Å². The molecule has 0 amide bonds. The van der Waals surface area contributed by atoms with Crippen molar-refractivity contribution in [2.45, 2.75) is 19.4 Å². The van der Waals surface area contributed by atoms with E-state index in [-0.39, 0.29) is 6.04 Å². The molecule has 2 nitrogen and oxygen atoms in total. The number of benzene rings is 2. The van der Waals surface area contributed by atoms with Gasteiger partial charge >= 0.3 is 0 Å². The van der Waals surface area contributed by atoms with Gasteiger partial charge < -0.3 is 0 Å². The molecule has 2 aromatic carbocycles. The minimum absolute atomic E-state index is 0.129. The van der Waals surface area contributed by atoms with Crippen molar-refractivity contribution in [2.75, 3.05) is 0 Å². The van der Waals surface area contributed by atoms with Gasteiger partial charge in [0, 0.05) is 4.47 Å². The highest BCUT2D eigenvalue weighted by atomic mass is 79.9. The molecule has 0 fully saturated rings. The number of nitrogens with one attached hydrogen (secondary N) is 1. The molecule has 1 unspecified atom stereocenters. The second-order valence-electron chi connectivity index (χ2n) is 4.42. The summed E-state index contributed by atoms with van der Waals surface area (Å²) in [5, 5.41) is 0. The van der Waals surface area contributed by atoms with E-state index in [9.17, 15) is 0 Å². The zero-order valence-corrected chi connectivity index (χ0v) is 11.9. The number of hydrazine groups is 1. The third-order valence-corrected chi connectivity index (χ3v) is 3.94. The minimum atomic E-state index is 0.129. The highest BCUT2D eigenvalue weighted by Crippen LogP contribution is 2.23. The maximum Gasteiger partial charge on any atom is 0.0500 e. The SMILES string of the molecule is Cc1ccc(C(Cc2ccccc2)NN)cc1Br. The van der Waals surface area contributed by atoms with Crippen molar-refractivity contribution in [3.8, 4) is 0 Å². The maximum atomic E-state index is 5.68. The Morgan fingerprint density at radius 1 is 1.17 bits per heavy atom. The van der Waals surface area contributed by atoms with Gasteiger partial charge in [0.2, 0.25) is 0 Å². The molecule has 0 spiro atoms. The van der Waals surface area contributed by atoms with Crippen molar-refractivity contribution in [1.82, 2.24) is 5.43 Å². The van der Waals surface area contributed by atoms with Crippen LogP contribution in [-0.2, 0) is 6.42 Å². The Balaban J connectivity index is 2.20. The van der Waals surface area contributed by atoms with Crippen LogP contribution in [0.4, 0.5) is 0 Å². The summed E-state index contributed by atoms with van der Waals surface area (Å²) in [6, 6.07) is 16.8. The zero-order chi connectivity index (χ0) is 13.0. The van der Waals surface area contributed by atoms with Gasteiger partial charge in [-0.1, -0.05) is 58.4 Å². The Hall–Kier alpha value is -1.16. The summed E-state index contributed by atoms with van der Waals surface area (Å²) in [6.45, 7) is 2.08. The number of hydrogen-bond acceptors (Lipinski definition) is 2. The summed E-state index contributed by atoms with van der Waals surface area (Å²) in [6.07, 6.45) is 0.882. The average Bonchev–Trinajstić information content (AvgIpc) is 2.40. The van der Waals surface area contributed by atoms with Crippen LogP contribution in [0.1, 0.15) is 22.7 Å². The molecule has 94 valence electrons. The van der Waals surface area contributed by atoms with Crippen LogP contribution in [0.5, 0.6) is 0 Å². The molecule has 0 aromatic heterocycles. The van der Waals surface area contributed by atoms with E-state index in [0.29, 0.717) is 0 Å². The molecular weight excluding hydrogens is 288 g/mol. The van der Waals surface area contributed by atoms with E-state index in [0.717, 1.165) is 10.9 Å². The van der Waals surface area contributed by atoms with Crippen LogP contribution in [0.3, 0.4) is 0 Å². The van der Waals surface area contributed by atoms with Gasteiger partial charge in [-0.2, -0.15) is 0 Å². The maximum absolute atomic E-state index is 5.68. The normalized spacial score (nSPS) is 12.4. The summed E-state index contributed by atoms with van der Waals surface area (Å²) in [5.41, 5.74) is 6.59. The second kappa shape index (κ2) is 6.14. The summed E-state index contributed by atoms with van der Waals surface area (Å²) in [7, 11) is 0. The molecule has 0 radical (unpaired) electrons. The van der Waals surface area contributed by atoms with Gasteiger partial charge in [0.05, 0.1) is 6.04 Å². The molecule has 0 saturated heterocycles. The largest absolute Gasteiger partial charge is 0.271 e. The number of hydrogen-bond donors (Lipinski definition) is 2. The molecule has 2 rings (SSSR count). The topological polar surface area (TPSA) is 38.0 Å². The summed E-state index contributed by atoms with van der Waals surface area (Å²) >= 11 is 3.56. The van der Waals surface area contributed by atoms with Gasteiger partial charge in [-0.15, -0.1) is 0 Å². The fraction of sp³-hybridized carbons (Fsp3) is 0.200. The van der Waals surface area contributed by atoms with Crippen LogP contribution in [0.2, 0.25) is 0 Å². The molecule has 1 atom stereocenters. The Labute approximate surface area is 116 Å². The van der Waals surface area contributed by atoms with Gasteiger partial charge in [0.25, 0.3) is 0 Å². The lowest BCUT2D eigenvalue weighted by Crippen LogP contribution is -2.29. The van der Waals surface area contributed by atoms with E-state index in [1.165, 1.54) is 16.7 Å². The Bertz CT molecular complexity index is 511. The summed E-state index contributed by atoms with van der Waals surface area (Å²) < 4.78 is 1.12. The monoisotopic (exact) mass is 304 g/mol. The van der Waals surface area contributed by atoms with Crippen LogP contribution in [0, 0.1) is 6.92 Å². The fourth-order valence-corrected chi connectivity index (χ4v) is 2.35. The first-order chi connectivity index (χ1) is 8.70. The quantitative estimate of drug-likeness (QED) is 0.670. The lowest BCUT2D eigenvalue weighted by atomic mass is 9.99. The molecule has 2 aromatic rings. The molecule has 0 saturated carbocycles. The van der Waals surface area contributed by atoms with Crippen molar-refractivity contribution >= 4 is 15.9 Å². The summed E-state index contributed by atoms with van der Waals surface area (Å²) in [5.74, 6) is 5.68. The highest BCUT2D eigenvalue weighted by Gasteiger charge is 2.11. The molecule has 3 heteroatoms. The fourth-order valence-electron chi connectivity index (χ4n) is 1.95. The van der Waals surface area contributed by atoms with Crippen molar-refractivity contribution in [3.05, 3.63) is 69.7 Å². The van der Waals surface area contributed by atoms with Gasteiger partial charge in [-0.3, -0.25) is 11.3 Å². The smallest absolute Gasteiger partial charge is 0.0500 e. The van der Waals surface area contributed by atoms with Crippen molar-refractivity contribution in [2.24, 2.45) is 5.84 Å². The number of aryl methyl sites for hydroxylation is 1. The van der Waals surface area contributed by atoms with Gasteiger partial charge in [-0.25, -0.2) is 0 Å². The molecule has 0 aliphatic rings. The highest BCUT2D eigenvalue weighted by molar-refractivity contribution is 9.10. The van der Waals surface area contributed by atoms with E-state index in [1.807, 2.05) is 18.2 Å². The van der Waals surface area contributed by atoms with Gasteiger partial charge in [0.1, 0.15) is 0 Å². The number of rotatable bonds is 4. The molecule has 0 heterocycles. The van der Waals surface area contributed by atoms with E-state index in [2.05, 4.69) is 58.6 Å². The van der Waals surface area contributed by atoms with E-state index in [4.69, 9.17) is 5.84 Å². The van der Waals surface area contributed by atoms with Crippen molar-refractivity contribution in [1.29, 1.82) is 0 Å². The van der Waals surface area contributed by atoms with E-state index >= 15 is 0 Å². The van der Waals surface area contributed by atoms with Gasteiger partial charge in [0.15, 0.2) is 0 Å². The molecule has 0 bridgehead atoms. The Kier molecular flexibility index (Phi) is 4.53. The first-order valence-electron chi connectivity index (χ1n) is 5.97. The van der Waals surface area contributed by atoms with Crippen LogP contribution in [-0.4, -0.2) is 0 Å². The van der Waals surface area contributed by atoms with Crippen LogP contribution >= 0.6 is 15.9 Å². The lowest BCUT2D eigenvalue weighted by Gasteiger charge is -2.17. The van der Waals surface area contributed by atoms with Crippen molar-refractivity contribution < 1.29 is 0 Å². The Morgan fingerprint density at radius 2 is 1.89 bits per heavy atom. The summed E-state index contributed by atoms with van der Waals surface area (Å²) in [4.78, 5) is 0. The minimum Gasteiger partial charge on any atom is -0.271 e. The average molecular weight is 305 g/mol. The van der Waals surface area contributed by atoms with Gasteiger partial charge in [-0.05, 0) is 36.1 Å². The number of nitrogens with two attached hydrogens (primary N) is 1. The number of halogens is 1. The van der Waals surface area contributed by atoms with E-state index in [1.54, 1.807) is 0 Å². The third kappa shape index (κ3) is 3.19. The van der Waals surface area contributed by atoms with Crippen LogP contribution < -0.4 is 11.3 Å². The molecule has 0 aliphatic carbocycles. The second-order valence-corrected chi connectivity index (χ2v) is 5.27. The molecular formula is C15H17BrN2. The van der Waals surface area contributed by atoms with Crippen LogP contribution in [0.15, 0.2) is 53.0 Å². The first-order valence-corrected chi connectivity index (χ1v) is 6.76. The van der Waals surface area contributed by atoms with E-state index < -0.39 is 0 Å². The first kappa shape index (κ1) is 13.3. The molecule has 18 heavy (non-hydrogen) atoms. The Morgan fingerprint density at radius 3 is 2.50 bits per heavy atom.